The number of esters is 2. The molecule has 0 aliphatic carbocycles. The number of hydrogen-bond donors (Lipinski definition) is 1. The van der Waals surface area contributed by atoms with Crippen molar-refractivity contribution >= 4 is 24.1 Å². The third-order valence-electron chi connectivity index (χ3n) is 11.6. The van der Waals surface area contributed by atoms with Crippen LogP contribution in [0, 0.1) is 45.4 Å². The number of halogens is 2. The summed E-state index contributed by atoms with van der Waals surface area (Å²) < 4.78 is 65.1. The third kappa shape index (κ3) is 13.0. The smallest absolute Gasteiger partial charge is 0.870 e. The Hall–Kier alpha value is -3.04. The molecule has 0 aromatic heterocycles. The number of hydrogen-bond acceptors (Lipinski definition) is 10. The first-order valence-corrected chi connectivity index (χ1v) is 21.1. The molecule has 2 saturated heterocycles. The Morgan fingerprint density at radius 2 is 1.00 bits per heavy atom. The Bertz CT molecular complexity index is 1900. The van der Waals surface area contributed by atoms with Gasteiger partial charge in [-0.3, -0.25) is 0 Å². The van der Waals surface area contributed by atoms with E-state index in [1.165, 1.54) is 6.08 Å². The quantitative estimate of drug-likeness (QED) is 0.211. The van der Waals surface area contributed by atoms with Crippen LogP contribution in [-0.2, 0) is 28.4 Å². The van der Waals surface area contributed by atoms with Gasteiger partial charge >= 0.3 is 41.5 Å². The molecule has 62 heavy (non-hydrogen) atoms. The summed E-state index contributed by atoms with van der Waals surface area (Å²) in [5, 5.41) is 10.6. The third-order valence-corrected chi connectivity index (χ3v) is 11.6. The standard InChI is InChI=1S/C25H33FO4.C24H31FO5.Na.H2O/c1-14-11-16(3)22-19(12-14)9-8-10-21-23(30-25(6,7)29-21)17(4)20(26)13-15(2)18(5)28-24(22)27;1-13-10-15(3)20-17(11-13)8-7-9-19-22(30-24(5,6)29-19)21(26)18(25)12-14(2)16(4)28-23(20)27;;/h8-9,11-13,15,17-18,21,23H,10H2,1-7H3;7-8,10-12,14,16,19,21-22,26H,9H2,1-6H3;;1H2/q;;+1;/p-1/b9-8+,20-13+;8-7+,18-12+;;/t15-,17?,18+,21+,23?;14-,16+,19+,21?,22?;;/m11../s1. The number of rotatable bonds is 0. The molecule has 13 heteroatoms. The molecule has 0 amide bonds. The second kappa shape index (κ2) is 21.8. The summed E-state index contributed by atoms with van der Waals surface area (Å²) in [5.74, 6) is -4.69. The zero-order chi connectivity index (χ0) is 44.4. The Kier molecular flexibility index (Phi) is 18.7. The van der Waals surface area contributed by atoms with Gasteiger partial charge in [-0.15, -0.1) is 0 Å². The van der Waals surface area contributed by atoms with Gasteiger partial charge in [0.1, 0.15) is 36.1 Å². The van der Waals surface area contributed by atoms with Crippen molar-refractivity contribution < 1.29 is 86.9 Å². The molecule has 0 bridgehead atoms. The van der Waals surface area contributed by atoms with Gasteiger partial charge in [0.2, 0.25) is 0 Å². The predicted molar refractivity (Wildman–Crippen MR) is 230 cm³/mol. The fraction of sp³-hybridized carbons (Fsp3) is 0.551. The number of cyclic esters (lactones) is 2. The molecule has 4 heterocycles. The van der Waals surface area contributed by atoms with Crippen molar-refractivity contribution in [3.8, 4) is 0 Å². The van der Waals surface area contributed by atoms with Crippen LogP contribution in [0.2, 0.25) is 0 Å². The fourth-order valence-corrected chi connectivity index (χ4v) is 8.27. The number of aliphatic hydroxyl groups excluding tert-OH is 1. The second-order valence-corrected chi connectivity index (χ2v) is 17.9. The minimum atomic E-state index is -1.46. The molecule has 2 N–H and O–H groups in total. The van der Waals surface area contributed by atoms with E-state index in [9.17, 15) is 19.1 Å². The van der Waals surface area contributed by atoms with Crippen molar-refractivity contribution in [2.24, 2.45) is 17.8 Å². The van der Waals surface area contributed by atoms with Gasteiger partial charge < -0.3 is 39.0 Å². The van der Waals surface area contributed by atoms with Crippen molar-refractivity contribution in [3.63, 3.8) is 0 Å². The van der Waals surface area contributed by atoms with Crippen molar-refractivity contribution in [1.82, 2.24) is 0 Å². The Morgan fingerprint density at radius 3 is 1.44 bits per heavy atom. The van der Waals surface area contributed by atoms with Crippen molar-refractivity contribution in [1.29, 1.82) is 0 Å². The molecule has 2 aromatic rings. The maximum atomic E-state index is 15.1. The van der Waals surface area contributed by atoms with E-state index in [1.54, 1.807) is 40.7 Å². The number of fused-ring (bicyclic) bond motifs is 4. The van der Waals surface area contributed by atoms with E-state index in [0.29, 0.717) is 24.0 Å². The molecule has 10 nitrogen and oxygen atoms in total. The molecule has 2 fully saturated rings. The zero-order valence-electron chi connectivity index (χ0n) is 38.9. The van der Waals surface area contributed by atoms with E-state index >= 15 is 4.39 Å². The van der Waals surface area contributed by atoms with E-state index in [1.807, 2.05) is 104 Å². The molecular weight excluding hydrogens is 810 g/mol. The van der Waals surface area contributed by atoms with Crippen LogP contribution in [0.15, 0.2) is 60.2 Å². The molecule has 0 saturated carbocycles. The van der Waals surface area contributed by atoms with Crippen LogP contribution in [0.5, 0.6) is 0 Å². The Morgan fingerprint density at radius 1 is 0.613 bits per heavy atom. The van der Waals surface area contributed by atoms with Gasteiger partial charge in [0.25, 0.3) is 0 Å². The van der Waals surface area contributed by atoms with Crippen LogP contribution in [0.25, 0.3) is 12.2 Å². The zero-order valence-corrected chi connectivity index (χ0v) is 40.9. The average Bonchev–Trinajstić information content (AvgIpc) is 3.62. The van der Waals surface area contributed by atoms with E-state index in [2.05, 4.69) is 0 Å². The number of carbonyl (C=O) groups excluding carboxylic acids is 2. The molecule has 4 aliphatic rings. The van der Waals surface area contributed by atoms with Crippen LogP contribution in [0.4, 0.5) is 8.78 Å². The van der Waals surface area contributed by atoms with Gasteiger partial charge in [0, 0.05) is 17.8 Å². The second-order valence-electron chi connectivity index (χ2n) is 17.9. The monoisotopic (exact) mass is 874 g/mol. The first-order valence-electron chi connectivity index (χ1n) is 21.1. The van der Waals surface area contributed by atoms with E-state index in [0.717, 1.165) is 33.4 Å². The predicted octanol–water partition coefficient (Wildman–Crippen LogP) is 7.37. The number of carbonyl (C=O) groups is 2. The largest absolute Gasteiger partial charge is 1.00 e. The van der Waals surface area contributed by atoms with Crippen LogP contribution in [0.3, 0.4) is 0 Å². The SMILES string of the molecule is Cc1cc(C)c2c(c1)/C=C/C[C@@H]1OC(C)(C)OC1C(C)/C(F)=C\[C@@H](C)[C@H](C)OC2=O.Cc1cc(C)c2c(c1)/C=C/C[C@@H]1OC(C)(C)OC1C(O)/C(F)=C\[C@@H](C)[C@H](C)OC2=O.[Na+].[OH-]. The molecule has 4 aliphatic heterocycles. The van der Waals surface area contributed by atoms with Gasteiger partial charge in [0.15, 0.2) is 11.6 Å². The summed E-state index contributed by atoms with van der Waals surface area (Å²) >= 11 is 0. The van der Waals surface area contributed by atoms with E-state index in [4.69, 9.17) is 28.4 Å². The maximum Gasteiger partial charge on any atom is 1.00 e. The molecule has 2 aromatic carbocycles. The number of ether oxygens (including phenoxy) is 6. The minimum absolute atomic E-state index is 0. The summed E-state index contributed by atoms with van der Waals surface area (Å²) in [5.41, 5.74) is 6.41. The summed E-state index contributed by atoms with van der Waals surface area (Å²) in [6.45, 7) is 23.9. The maximum absolute atomic E-state index is 15.1. The first kappa shape index (κ1) is 53.3. The minimum Gasteiger partial charge on any atom is -0.870 e. The topological polar surface area (TPSA) is 140 Å². The van der Waals surface area contributed by atoms with Gasteiger partial charge in [-0.25, -0.2) is 18.4 Å². The first-order chi connectivity index (χ1) is 28.0. The number of benzene rings is 2. The van der Waals surface area contributed by atoms with Gasteiger partial charge in [-0.2, -0.15) is 0 Å². The average molecular weight is 875 g/mol. The summed E-state index contributed by atoms with van der Waals surface area (Å²) in [6, 6.07) is 7.82. The molecule has 6 rings (SSSR count). The molecule has 10 atom stereocenters. The summed E-state index contributed by atoms with van der Waals surface area (Å²) in [6.07, 6.45) is 6.84. The van der Waals surface area contributed by atoms with Crippen LogP contribution in [0.1, 0.15) is 129 Å². The molecule has 0 radical (unpaired) electrons. The van der Waals surface area contributed by atoms with Crippen LogP contribution >= 0.6 is 0 Å². The van der Waals surface area contributed by atoms with Gasteiger partial charge in [-0.05, 0) is 116 Å². The van der Waals surface area contributed by atoms with Crippen molar-refractivity contribution in [2.45, 2.75) is 157 Å². The number of aliphatic hydroxyl groups is 1. The van der Waals surface area contributed by atoms with Crippen molar-refractivity contribution in [2.75, 3.05) is 0 Å². The van der Waals surface area contributed by atoms with Crippen LogP contribution in [-0.4, -0.2) is 76.8 Å². The van der Waals surface area contributed by atoms with Crippen molar-refractivity contribution in [3.05, 3.63) is 105 Å². The normalized spacial score (nSPS) is 33.6. The molecule has 0 spiro atoms. The van der Waals surface area contributed by atoms with Gasteiger partial charge in [-0.1, -0.05) is 80.5 Å². The van der Waals surface area contributed by atoms with Gasteiger partial charge in [0.05, 0.1) is 29.4 Å². The fourth-order valence-electron chi connectivity index (χ4n) is 8.27. The number of aryl methyl sites for hydroxylation is 4. The Labute approximate surface area is 388 Å². The van der Waals surface area contributed by atoms with E-state index < -0.39 is 71.8 Å². The van der Waals surface area contributed by atoms with E-state index in [-0.39, 0.29) is 58.9 Å². The molecular formula is C49H65F2NaO10. The summed E-state index contributed by atoms with van der Waals surface area (Å²) in [4.78, 5) is 25.9. The Balaban J connectivity index is 0.000000320. The van der Waals surface area contributed by atoms with Crippen LogP contribution < -0.4 is 29.6 Å². The molecule has 4 unspecified atom stereocenters. The summed E-state index contributed by atoms with van der Waals surface area (Å²) in [7, 11) is 0. The molecule has 336 valence electrons.